The second-order valence-corrected chi connectivity index (χ2v) is 4.76. The van der Waals surface area contributed by atoms with Crippen molar-refractivity contribution in [2.45, 2.75) is 17.5 Å². The molecule has 19 heavy (non-hydrogen) atoms. The van der Waals surface area contributed by atoms with Crippen molar-refractivity contribution in [1.82, 2.24) is 25.5 Å². The van der Waals surface area contributed by atoms with E-state index in [1.807, 2.05) is 7.05 Å². The smallest absolute Gasteiger partial charge is 0.209 e. The lowest BCUT2D eigenvalue weighted by Gasteiger charge is -2.04. The quantitative estimate of drug-likeness (QED) is 0.814. The highest BCUT2D eigenvalue weighted by atomic mass is 32.2. The Hall–Kier alpha value is -1.54. The number of benzene rings is 1. The monoisotopic (exact) mass is 285 g/mol. The van der Waals surface area contributed by atoms with Crippen molar-refractivity contribution in [3.8, 4) is 0 Å². The van der Waals surface area contributed by atoms with Crippen LogP contribution in [0.5, 0.6) is 0 Å². The van der Waals surface area contributed by atoms with Gasteiger partial charge >= 0.3 is 0 Å². The van der Waals surface area contributed by atoms with Gasteiger partial charge in [-0.25, -0.2) is 13.5 Å². The van der Waals surface area contributed by atoms with E-state index >= 15 is 0 Å². The second-order valence-electron chi connectivity index (χ2n) is 3.81. The number of rotatable bonds is 6. The molecule has 0 saturated carbocycles. The summed E-state index contributed by atoms with van der Waals surface area (Å²) in [6.07, 6.45) is 0. The zero-order valence-electron chi connectivity index (χ0n) is 10.3. The molecule has 0 unspecified atom stereocenters. The first-order valence-electron chi connectivity index (χ1n) is 5.68. The summed E-state index contributed by atoms with van der Waals surface area (Å²) < 4.78 is 27.9. The summed E-state index contributed by atoms with van der Waals surface area (Å²) in [5, 5.41) is 14.9. The topological polar surface area (TPSA) is 55.6 Å². The standard InChI is InChI=1S/C11H13F2N5S/c1-14-4-5-18-11(15-16-17-18)19-7-8-2-3-9(12)6-10(8)13/h2-3,6,14H,4-5,7H2,1H3. The Balaban J connectivity index is 2.00. The van der Waals surface area contributed by atoms with Crippen molar-refractivity contribution in [3.05, 3.63) is 35.4 Å². The van der Waals surface area contributed by atoms with Crippen LogP contribution in [0.15, 0.2) is 23.4 Å². The van der Waals surface area contributed by atoms with E-state index in [-0.39, 0.29) is 0 Å². The Labute approximate surface area is 113 Å². The highest BCUT2D eigenvalue weighted by Gasteiger charge is 2.09. The number of likely N-dealkylation sites (N-methyl/N-ethyl adjacent to an activating group) is 1. The minimum Gasteiger partial charge on any atom is -0.318 e. The Morgan fingerprint density at radius 3 is 2.95 bits per heavy atom. The van der Waals surface area contributed by atoms with E-state index in [9.17, 15) is 8.78 Å². The summed E-state index contributed by atoms with van der Waals surface area (Å²) >= 11 is 1.31. The van der Waals surface area contributed by atoms with Crippen LogP contribution in [0.1, 0.15) is 5.56 Å². The zero-order chi connectivity index (χ0) is 13.7. The fourth-order valence-electron chi connectivity index (χ4n) is 1.44. The van der Waals surface area contributed by atoms with Crippen molar-refractivity contribution in [1.29, 1.82) is 0 Å². The van der Waals surface area contributed by atoms with Crippen LogP contribution in [0.25, 0.3) is 0 Å². The van der Waals surface area contributed by atoms with Crippen molar-refractivity contribution < 1.29 is 8.78 Å². The fourth-order valence-corrected chi connectivity index (χ4v) is 2.33. The zero-order valence-corrected chi connectivity index (χ0v) is 11.1. The van der Waals surface area contributed by atoms with Crippen molar-refractivity contribution in [3.63, 3.8) is 0 Å². The molecule has 0 bridgehead atoms. The van der Waals surface area contributed by atoms with E-state index < -0.39 is 11.6 Å². The molecule has 0 radical (unpaired) electrons. The molecule has 1 N–H and O–H groups in total. The van der Waals surface area contributed by atoms with Gasteiger partial charge in [0.25, 0.3) is 0 Å². The predicted molar refractivity (Wildman–Crippen MR) is 67.7 cm³/mol. The van der Waals surface area contributed by atoms with Crippen LogP contribution in [0, 0.1) is 11.6 Å². The molecule has 0 spiro atoms. The second kappa shape index (κ2) is 6.58. The molecule has 0 fully saturated rings. The predicted octanol–water partition coefficient (Wildman–Crippen LogP) is 1.46. The van der Waals surface area contributed by atoms with Gasteiger partial charge in [0.15, 0.2) is 0 Å². The van der Waals surface area contributed by atoms with Gasteiger partial charge in [-0.05, 0) is 29.1 Å². The number of tetrazole rings is 1. The van der Waals surface area contributed by atoms with E-state index in [0.29, 0.717) is 23.0 Å². The van der Waals surface area contributed by atoms with Gasteiger partial charge in [-0.2, -0.15) is 0 Å². The van der Waals surface area contributed by atoms with E-state index in [4.69, 9.17) is 0 Å². The summed E-state index contributed by atoms with van der Waals surface area (Å²) in [6, 6.07) is 3.54. The normalized spacial score (nSPS) is 10.9. The SMILES string of the molecule is CNCCn1nnnc1SCc1ccc(F)cc1F. The number of nitrogens with zero attached hydrogens (tertiary/aromatic N) is 4. The van der Waals surface area contributed by atoms with Crippen LogP contribution < -0.4 is 5.32 Å². The molecular formula is C11H13F2N5S. The van der Waals surface area contributed by atoms with Crippen molar-refractivity contribution in [2.24, 2.45) is 0 Å². The molecule has 1 aromatic carbocycles. The summed E-state index contributed by atoms with van der Waals surface area (Å²) in [5.41, 5.74) is 0.426. The average Bonchev–Trinajstić information content (AvgIpc) is 2.83. The van der Waals surface area contributed by atoms with Crippen LogP contribution in [-0.2, 0) is 12.3 Å². The van der Waals surface area contributed by atoms with Gasteiger partial charge in [0, 0.05) is 18.4 Å². The van der Waals surface area contributed by atoms with Crippen molar-refractivity contribution in [2.75, 3.05) is 13.6 Å². The third-order valence-electron chi connectivity index (χ3n) is 2.44. The molecule has 8 heteroatoms. The van der Waals surface area contributed by atoms with Gasteiger partial charge in [0.2, 0.25) is 5.16 Å². The minimum atomic E-state index is -0.579. The summed E-state index contributed by atoms with van der Waals surface area (Å²) in [5.74, 6) is -0.779. The lowest BCUT2D eigenvalue weighted by atomic mass is 10.2. The third kappa shape index (κ3) is 3.71. The molecule has 2 aromatic rings. The van der Waals surface area contributed by atoms with Gasteiger partial charge in [-0.3, -0.25) is 0 Å². The van der Waals surface area contributed by atoms with Crippen LogP contribution in [0.3, 0.4) is 0 Å². The molecule has 1 aromatic heterocycles. The first-order chi connectivity index (χ1) is 9.20. The number of aromatic nitrogens is 4. The van der Waals surface area contributed by atoms with Gasteiger partial charge in [0.1, 0.15) is 11.6 Å². The first kappa shape index (κ1) is 13.9. The number of nitrogens with one attached hydrogen (secondary N) is 1. The maximum absolute atomic E-state index is 13.5. The number of hydrogen-bond donors (Lipinski definition) is 1. The molecule has 5 nitrogen and oxygen atoms in total. The van der Waals surface area contributed by atoms with E-state index in [1.54, 1.807) is 4.68 Å². The molecule has 0 amide bonds. The molecule has 0 saturated heterocycles. The summed E-state index contributed by atoms with van der Waals surface area (Å²) in [4.78, 5) is 0. The van der Waals surface area contributed by atoms with Crippen LogP contribution in [-0.4, -0.2) is 33.8 Å². The van der Waals surface area contributed by atoms with Crippen LogP contribution >= 0.6 is 11.8 Å². The molecule has 0 aliphatic heterocycles. The minimum absolute atomic E-state index is 0.353. The largest absolute Gasteiger partial charge is 0.318 e. The van der Waals surface area contributed by atoms with Gasteiger partial charge in [0.05, 0.1) is 6.54 Å². The lowest BCUT2D eigenvalue weighted by Crippen LogP contribution is -2.16. The Morgan fingerprint density at radius 1 is 1.37 bits per heavy atom. The van der Waals surface area contributed by atoms with Gasteiger partial charge < -0.3 is 5.32 Å². The molecule has 0 atom stereocenters. The number of halogens is 2. The highest BCUT2D eigenvalue weighted by molar-refractivity contribution is 7.98. The first-order valence-corrected chi connectivity index (χ1v) is 6.66. The van der Waals surface area contributed by atoms with E-state index in [0.717, 1.165) is 12.6 Å². The fraction of sp³-hybridized carbons (Fsp3) is 0.364. The molecule has 102 valence electrons. The highest BCUT2D eigenvalue weighted by Crippen LogP contribution is 2.22. The number of thioether (sulfide) groups is 1. The van der Waals surface area contributed by atoms with E-state index in [2.05, 4.69) is 20.8 Å². The average molecular weight is 285 g/mol. The maximum Gasteiger partial charge on any atom is 0.209 e. The Morgan fingerprint density at radius 2 is 2.21 bits per heavy atom. The Kier molecular flexibility index (Phi) is 4.80. The summed E-state index contributed by atoms with van der Waals surface area (Å²) in [6.45, 7) is 1.38. The number of hydrogen-bond acceptors (Lipinski definition) is 5. The van der Waals surface area contributed by atoms with E-state index in [1.165, 1.54) is 23.9 Å². The van der Waals surface area contributed by atoms with Crippen molar-refractivity contribution >= 4 is 11.8 Å². The molecule has 1 heterocycles. The maximum atomic E-state index is 13.5. The lowest BCUT2D eigenvalue weighted by molar-refractivity contribution is 0.529. The van der Waals surface area contributed by atoms with Crippen LogP contribution in [0.4, 0.5) is 8.78 Å². The molecule has 0 aliphatic rings. The molecule has 0 aliphatic carbocycles. The molecular weight excluding hydrogens is 272 g/mol. The third-order valence-corrected chi connectivity index (χ3v) is 3.45. The summed E-state index contributed by atoms with van der Waals surface area (Å²) in [7, 11) is 1.84. The van der Waals surface area contributed by atoms with Gasteiger partial charge in [-0.15, -0.1) is 5.10 Å². The Bertz CT molecular complexity index is 546. The van der Waals surface area contributed by atoms with Gasteiger partial charge in [-0.1, -0.05) is 17.8 Å². The molecule has 2 rings (SSSR count). The van der Waals surface area contributed by atoms with Crippen LogP contribution in [0.2, 0.25) is 0 Å².